The fraction of sp³-hybridized carbons (Fsp3) is 0.846. The summed E-state index contributed by atoms with van der Waals surface area (Å²) >= 11 is 0. The highest BCUT2D eigenvalue weighted by Crippen LogP contribution is 1.97. The lowest BCUT2D eigenvalue weighted by atomic mass is 10.2. The summed E-state index contributed by atoms with van der Waals surface area (Å²) in [5.74, 6) is 0.355. The molecule has 0 aromatic carbocycles. The van der Waals surface area contributed by atoms with E-state index in [1.54, 1.807) is 6.20 Å². The molecule has 0 radical (unpaired) electrons. The van der Waals surface area contributed by atoms with Crippen LogP contribution in [0.25, 0.3) is 0 Å². The number of allylic oxidation sites excluding steroid dienone is 1. The molecule has 0 aliphatic rings. The minimum Gasteiger partial charge on any atom is -0.401 e. The van der Waals surface area contributed by atoms with Crippen LogP contribution in [0.1, 0.15) is 53.4 Å². The van der Waals surface area contributed by atoms with Crippen molar-refractivity contribution < 1.29 is 33.3 Å². The molecule has 0 spiro atoms. The number of nitrogens with one attached hydrogen (secondary N) is 3. The summed E-state index contributed by atoms with van der Waals surface area (Å²) in [6.45, 7) is 14.6. The summed E-state index contributed by atoms with van der Waals surface area (Å²) in [6, 6.07) is 0. The highest BCUT2D eigenvalue weighted by atomic mass is 16.6. The van der Waals surface area contributed by atoms with Gasteiger partial charge >= 0.3 is 0 Å². The standard InChI is InChI=1S/C26H52N4O7.H3N/c1-22(2)21-36-12-8-26(32)30-10-5-9-29-25(31)7-6-24(27)20-28-11-13-33-14-15-34-16-17-35-18-19-37-23(3)4;/h20,22-23,28H,5-19,21,27H2,1-4H3,(H,29,31)(H,30,32);1H3/b24-20-;. The van der Waals surface area contributed by atoms with Crippen molar-refractivity contribution >= 4 is 11.8 Å². The molecule has 0 atom stereocenters. The number of carbonyl (C=O) groups excluding carboxylic acids is 2. The van der Waals surface area contributed by atoms with Crippen molar-refractivity contribution in [3.05, 3.63) is 11.9 Å². The molecule has 0 heterocycles. The first-order valence-corrected chi connectivity index (χ1v) is 13.4. The summed E-state index contributed by atoms with van der Waals surface area (Å²) in [4.78, 5) is 23.6. The maximum Gasteiger partial charge on any atom is 0.222 e. The molecule has 8 N–H and O–H groups in total. The Morgan fingerprint density at radius 2 is 1.26 bits per heavy atom. The Balaban J connectivity index is 0. The predicted molar refractivity (Wildman–Crippen MR) is 149 cm³/mol. The van der Waals surface area contributed by atoms with Gasteiger partial charge < -0.3 is 51.5 Å². The third kappa shape index (κ3) is 30.3. The molecule has 0 saturated carbocycles. The van der Waals surface area contributed by atoms with Crippen molar-refractivity contribution in [1.29, 1.82) is 0 Å². The Kier molecular flexibility index (Phi) is 28.2. The average Bonchev–Trinajstić information content (AvgIpc) is 2.85. The van der Waals surface area contributed by atoms with E-state index in [9.17, 15) is 9.59 Å². The van der Waals surface area contributed by atoms with Crippen molar-refractivity contribution in [1.82, 2.24) is 22.1 Å². The van der Waals surface area contributed by atoms with Crippen LogP contribution in [0.2, 0.25) is 0 Å². The second-order valence-electron chi connectivity index (χ2n) is 9.20. The number of hydrogen-bond donors (Lipinski definition) is 5. The first-order chi connectivity index (χ1) is 17.8. The van der Waals surface area contributed by atoms with Gasteiger partial charge in [0.15, 0.2) is 0 Å². The van der Waals surface area contributed by atoms with E-state index in [1.807, 2.05) is 13.8 Å². The predicted octanol–water partition coefficient (Wildman–Crippen LogP) is 1.48. The Labute approximate surface area is 229 Å². The van der Waals surface area contributed by atoms with Crippen LogP contribution in [0.4, 0.5) is 0 Å². The Morgan fingerprint density at radius 3 is 1.84 bits per heavy atom. The molecule has 12 heteroatoms. The molecule has 0 aromatic rings. The van der Waals surface area contributed by atoms with Crippen LogP contribution in [-0.4, -0.2) is 97.0 Å². The normalized spacial score (nSPS) is 11.5. The van der Waals surface area contributed by atoms with Crippen molar-refractivity contribution in [2.45, 2.75) is 59.5 Å². The first kappa shape index (κ1) is 38.2. The minimum absolute atomic E-state index is 0. The molecule has 0 aromatic heterocycles. The van der Waals surface area contributed by atoms with Gasteiger partial charge in [-0.2, -0.15) is 0 Å². The van der Waals surface area contributed by atoms with Crippen LogP contribution in [0.3, 0.4) is 0 Å². The lowest BCUT2D eigenvalue weighted by molar-refractivity contribution is -0.122. The summed E-state index contributed by atoms with van der Waals surface area (Å²) in [5, 5.41) is 8.73. The largest absolute Gasteiger partial charge is 0.401 e. The Bertz CT molecular complexity index is 592. The third-order valence-corrected chi connectivity index (χ3v) is 4.66. The maximum atomic E-state index is 11.9. The van der Waals surface area contributed by atoms with E-state index in [0.29, 0.717) is 116 Å². The molecule has 0 fully saturated rings. The molecule has 38 heavy (non-hydrogen) atoms. The van der Waals surface area contributed by atoms with Gasteiger partial charge in [0, 0.05) is 51.0 Å². The summed E-state index contributed by atoms with van der Waals surface area (Å²) in [6.07, 6.45) is 3.72. The van der Waals surface area contributed by atoms with Gasteiger partial charge in [0.25, 0.3) is 0 Å². The molecule has 226 valence electrons. The number of amides is 2. The molecular weight excluding hydrogens is 494 g/mol. The summed E-state index contributed by atoms with van der Waals surface area (Å²) in [7, 11) is 0. The van der Waals surface area contributed by atoms with E-state index < -0.39 is 0 Å². The van der Waals surface area contributed by atoms with Crippen molar-refractivity contribution in [3.63, 3.8) is 0 Å². The second-order valence-corrected chi connectivity index (χ2v) is 9.20. The molecule has 12 nitrogen and oxygen atoms in total. The molecule has 0 bridgehead atoms. The van der Waals surface area contributed by atoms with E-state index in [2.05, 4.69) is 29.8 Å². The molecule has 0 saturated heterocycles. The van der Waals surface area contributed by atoms with Crippen molar-refractivity contribution in [2.24, 2.45) is 11.7 Å². The quantitative estimate of drug-likeness (QED) is 0.0993. The Hall–Kier alpha value is -1.96. The lowest BCUT2D eigenvalue weighted by Crippen LogP contribution is -2.30. The zero-order valence-corrected chi connectivity index (χ0v) is 24.2. The second kappa shape index (κ2) is 28.1. The minimum atomic E-state index is -0.0672. The number of ether oxygens (including phenoxy) is 5. The first-order valence-electron chi connectivity index (χ1n) is 13.4. The van der Waals surface area contributed by atoms with Gasteiger partial charge in [-0.25, -0.2) is 0 Å². The van der Waals surface area contributed by atoms with Gasteiger partial charge in [-0.1, -0.05) is 13.8 Å². The fourth-order valence-corrected chi connectivity index (χ4v) is 2.75. The molecule has 2 amide bonds. The molecule has 0 aliphatic carbocycles. The van der Waals surface area contributed by atoms with Gasteiger partial charge in [-0.15, -0.1) is 0 Å². The third-order valence-electron chi connectivity index (χ3n) is 4.66. The van der Waals surface area contributed by atoms with Gasteiger partial charge in [0.05, 0.1) is 59.0 Å². The number of hydrogen-bond acceptors (Lipinski definition) is 10. The molecular formula is C26H55N5O7. The van der Waals surface area contributed by atoms with E-state index in [4.69, 9.17) is 29.4 Å². The zero-order valence-electron chi connectivity index (χ0n) is 24.2. The van der Waals surface area contributed by atoms with Crippen LogP contribution >= 0.6 is 0 Å². The van der Waals surface area contributed by atoms with Gasteiger partial charge in [0.2, 0.25) is 11.8 Å². The fourth-order valence-electron chi connectivity index (χ4n) is 2.75. The van der Waals surface area contributed by atoms with Crippen LogP contribution in [0.15, 0.2) is 11.9 Å². The SMILES string of the molecule is CC(C)COCCC(=O)NCCCNC(=O)CC/C(N)=C/NCCOCCOCCOCCOC(C)C.N. The van der Waals surface area contributed by atoms with Gasteiger partial charge in [-0.05, 0) is 32.6 Å². The maximum absolute atomic E-state index is 11.9. The molecule has 0 rings (SSSR count). The van der Waals surface area contributed by atoms with E-state index >= 15 is 0 Å². The van der Waals surface area contributed by atoms with Crippen LogP contribution in [0.5, 0.6) is 0 Å². The van der Waals surface area contributed by atoms with Gasteiger partial charge in [-0.3, -0.25) is 9.59 Å². The van der Waals surface area contributed by atoms with E-state index in [0.717, 1.165) is 0 Å². The summed E-state index contributed by atoms with van der Waals surface area (Å²) < 4.78 is 27.1. The topological polar surface area (TPSA) is 177 Å². The Morgan fingerprint density at radius 1 is 0.711 bits per heavy atom. The number of rotatable bonds is 26. The highest BCUT2D eigenvalue weighted by molar-refractivity contribution is 5.76. The van der Waals surface area contributed by atoms with E-state index in [1.165, 1.54) is 0 Å². The number of nitrogens with two attached hydrogens (primary N) is 1. The number of carbonyl (C=O) groups is 2. The average molecular weight is 550 g/mol. The molecule has 0 unspecified atom stereocenters. The monoisotopic (exact) mass is 549 g/mol. The smallest absolute Gasteiger partial charge is 0.222 e. The van der Waals surface area contributed by atoms with Crippen LogP contribution in [0, 0.1) is 5.92 Å². The lowest BCUT2D eigenvalue weighted by Gasteiger charge is -2.09. The zero-order chi connectivity index (χ0) is 27.6. The summed E-state index contributed by atoms with van der Waals surface area (Å²) in [5.41, 5.74) is 6.53. The highest BCUT2D eigenvalue weighted by Gasteiger charge is 2.04. The van der Waals surface area contributed by atoms with Crippen LogP contribution in [-0.2, 0) is 33.3 Å². The molecule has 0 aliphatic heterocycles. The van der Waals surface area contributed by atoms with Crippen molar-refractivity contribution in [3.8, 4) is 0 Å². The van der Waals surface area contributed by atoms with Gasteiger partial charge in [0.1, 0.15) is 0 Å². The van der Waals surface area contributed by atoms with Crippen molar-refractivity contribution in [2.75, 3.05) is 79.1 Å². The van der Waals surface area contributed by atoms with E-state index in [-0.39, 0.29) is 24.1 Å². The van der Waals surface area contributed by atoms with Crippen LogP contribution < -0.4 is 27.8 Å².